The van der Waals surface area contributed by atoms with Crippen molar-refractivity contribution in [2.45, 2.75) is 163 Å². The van der Waals surface area contributed by atoms with E-state index in [0.29, 0.717) is 17.8 Å². The lowest BCUT2D eigenvalue weighted by atomic mass is 9.47. The summed E-state index contributed by atoms with van der Waals surface area (Å²) < 4.78 is 7.28. The predicted molar refractivity (Wildman–Crippen MR) is 238 cm³/mol. The smallest absolute Gasteiger partial charge is 0.306 e. The molecule has 0 aromatic rings. The predicted octanol–water partition coefficient (Wildman–Crippen LogP) is 14.9. The van der Waals surface area contributed by atoms with Gasteiger partial charge >= 0.3 is 5.97 Å². The number of halogens is 2. The van der Waals surface area contributed by atoms with Crippen molar-refractivity contribution in [3.63, 3.8) is 0 Å². The Balaban J connectivity index is 1.16. The van der Waals surface area contributed by atoms with Crippen molar-refractivity contribution in [2.24, 2.45) is 46.3 Å². The summed E-state index contributed by atoms with van der Waals surface area (Å²) in [5.74, 6) is 17.0. The van der Waals surface area contributed by atoms with E-state index >= 15 is 0 Å². The Morgan fingerprint density at radius 2 is 1.70 bits per heavy atom. The number of unbranched alkanes of at least 4 members (excludes halogenated alkanes) is 2. The molecule has 3 saturated carbocycles. The van der Waals surface area contributed by atoms with E-state index in [-0.39, 0.29) is 17.5 Å². The van der Waals surface area contributed by atoms with E-state index in [2.05, 4.69) is 121 Å². The zero-order valence-corrected chi connectivity index (χ0v) is 37.5. The van der Waals surface area contributed by atoms with Crippen molar-refractivity contribution in [3.05, 3.63) is 69.7 Å². The van der Waals surface area contributed by atoms with Gasteiger partial charge in [-0.3, -0.25) is 4.79 Å². The van der Waals surface area contributed by atoms with Crippen LogP contribution in [0.5, 0.6) is 0 Å². The van der Waals surface area contributed by atoms with Crippen LogP contribution in [0.2, 0.25) is 0 Å². The second-order valence-corrected chi connectivity index (χ2v) is 18.9. The third-order valence-corrected chi connectivity index (χ3v) is 15.3. The Hall–Kier alpha value is -2.01. The Bertz CT molecular complexity index is 1520. The quantitative estimate of drug-likeness (QED) is 0.0630. The second kappa shape index (κ2) is 22.7. The largest absolute Gasteiger partial charge is 0.462 e. The van der Waals surface area contributed by atoms with E-state index in [4.69, 9.17) is 4.74 Å². The number of carbonyl (C=O) groups excluding carboxylic acids is 1. The number of fused-ring (bicyclic) bond motifs is 5. The van der Waals surface area contributed by atoms with Crippen molar-refractivity contribution < 1.29 is 9.53 Å². The van der Waals surface area contributed by atoms with Gasteiger partial charge in [-0.25, -0.2) is 0 Å². The van der Waals surface area contributed by atoms with Crippen LogP contribution in [0.25, 0.3) is 0 Å². The molecule has 3 fully saturated rings. The molecule has 0 N–H and O–H groups in total. The summed E-state index contributed by atoms with van der Waals surface area (Å²) in [6.07, 6.45) is 35.4. The maximum atomic E-state index is 12.9. The standard InChI is InChI=1S/C50H70Br2O2/c1-7-40(8-2)38(3)26-27-39(4)45-30-31-46-44-29-28-41-37-43(32-34-49(41,5)47(44)33-35-50(45,46)6)54-48(53)25-21-20-24-42(52)23-19-17-15-13-11-9-10-12-14-16-18-22-36-51/h11-14,22,24,28,36,39-40,43-47H,3,7-10,19-21,23,25-27,29-35,37H2,1-2,4-6H3. The molecule has 2 nitrogen and oxygen atoms in total. The molecule has 0 bridgehead atoms. The molecule has 4 rings (SSSR count). The molecule has 0 saturated heterocycles. The first-order chi connectivity index (χ1) is 26.1. The zero-order chi connectivity index (χ0) is 39.0. The highest BCUT2D eigenvalue weighted by Crippen LogP contribution is 2.67. The Morgan fingerprint density at radius 3 is 2.44 bits per heavy atom. The summed E-state index contributed by atoms with van der Waals surface area (Å²) in [6.45, 7) is 17.0. The van der Waals surface area contributed by atoms with E-state index < -0.39 is 0 Å². The lowest BCUT2D eigenvalue weighted by molar-refractivity contribution is -0.151. The van der Waals surface area contributed by atoms with Gasteiger partial charge in [0.1, 0.15) is 6.10 Å². The van der Waals surface area contributed by atoms with Crippen LogP contribution in [0, 0.1) is 70.0 Å². The fraction of sp³-hybridized carbons (Fsp3) is 0.660. The lowest BCUT2D eigenvalue weighted by Crippen LogP contribution is -2.51. The molecular weight excluding hydrogens is 792 g/mol. The molecule has 0 amide bonds. The average molecular weight is 863 g/mol. The van der Waals surface area contributed by atoms with Gasteiger partial charge < -0.3 is 4.74 Å². The van der Waals surface area contributed by atoms with Gasteiger partial charge in [0.25, 0.3) is 0 Å². The van der Waals surface area contributed by atoms with Gasteiger partial charge in [0.05, 0.1) is 0 Å². The molecule has 4 aliphatic carbocycles. The highest BCUT2D eigenvalue weighted by atomic mass is 79.9. The average Bonchev–Trinajstić information content (AvgIpc) is 3.52. The number of hydrogen-bond acceptors (Lipinski definition) is 2. The molecule has 0 aliphatic heterocycles. The molecule has 8 atom stereocenters. The molecule has 4 heteroatoms. The summed E-state index contributed by atoms with van der Waals surface area (Å²) in [7, 11) is 0. The molecule has 0 aromatic carbocycles. The van der Waals surface area contributed by atoms with Crippen molar-refractivity contribution in [3.8, 4) is 23.7 Å². The van der Waals surface area contributed by atoms with Gasteiger partial charge in [0.15, 0.2) is 0 Å². The fourth-order valence-corrected chi connectivity index (χ4v) is 11.7. The maximum Gasteiger partial charge on any atom is 0.306 e. The number of rotatable bonds is 17. The fourth-order valence-electron chi connectivity index (χ4n) is 11.2. The van der Waals surface area contributed by atoms with E-state index in [1.807, 2.05) is 12.2 Å². The molecule has 4 aliphatic rings. The summed E-state index contributed by atoms with van der Waals surface area (Å²) in [5, 5.41) is 0. The topological polar surface area (TPSA) is 26.3 Å². The molecule has 0 radical (unpaired) electrons. The first-order valence-corrected chi connectivity index (χ1v) is 23.2. The number of allylic oxidation sites excluding steroid dienone is 9. The summed E-state index contributed by atoms with van der Waals surface area (Å²) in [4.78, 5) is 14.7. The monoisotopic (exact) mass is 860 g/mol. The highest BCUT2D eigenvalue weighted by molar-refractivity contribution is 9.11. The summed E-state index contributed by atoms with van der Waals surface area (Å²) >= 11 is 6.89. The molecule has 54 heavy (non-hydrogen) atoms. The zero-order valence-electron chi connectivity index (χ0n) is 34.4. The molecular formula is C50H70Br2O2. The van der Waals surface area contributed by atoms with E-state index in [1.165, 1.54) is 63.4 Å². The van der Waals surface area contributed by atoms with Gasteiger partial charge in [-0.05, 0) is 177 Å². The van der Waals surface area contributed by atoms with Gasteiger partial charge in [0.2, 0.25) is 0 Å². The minimum atomic E-state index is -0.0293. The van der Waals surface area contributed by atoms with Gasteiger partial charge in [0, 0.05) is 19.3 Å². The van der Waals surface area contributed by atoms with Crippen molar-refractivity contribution in [2.75, 3.05) is 0 Å². The van der Waals surface area contributed by atoms with Crippen LogP contribution in [0.15, 0.2) is 69.7 Å². The Labute approximate surface area is 347 Å². The van der Waals surface area contributed by atoms with Crippen molar-refractivity contribution in [1.82, 2.24) is 0 Å². The van der Waals surface area contributed by atoms with E-state index in [0.717, 1.165) is 91.9 Å². The molecule has 0 spiro atoms. The van der Waals surface area contributed by atoms with Crippen LogP contribution in [0.3, 0.4) is 0 Å². The van der Waals surface area contributed by atoms with Gasteiger partial charge in [-0.1, -0.05) is 132 Å². The van der Waals surface area contributed by atoms with Crippen LogP contribution >= 0.6 is 31.9 Å². The maximum absolute atomic E-state index is 12.9. The minimum absolute atomic E-state index is 0.0293. The number of esters is 1. The van der Waals surface area contributed by atoms with E-state index in [1.54, 1.807) is 16.6 Å². The lowest BCUT2D eigenvalue weighted by Gasteiger charge is -2.58. The molecule has 0 aromatic heterocycles. The molecule has 296 valence electrons. The van der Waals surface area contributed by atoms with Crippen LogP contribution in [0.1, 0.15) is 157 Å². The number of hydrogen-bond donors (Lipinski definition) is 0. The van der Waals surface area contributed by atoms with Crippen LogP contribution in [-0.4, -0.2) is 12.1 Å². The third-order valence-electron chi connectivity index (χ3n) is 14.3. The molecule has 0 heterocycles. The van der Waals surface area contributed by atoms with Crippen molar-refractivity contribution >= 4 is 37.8 Å². The van der Waals surface area contributed by atoms with Crippen LogP contribution < -0.4 is 0 Å². The number of ether oxygens (including phenoxy) is 1. The van der Waals surface area contributed by atoms with Crippen LogP contribution in [-0.2, 0) is 9.53 Å². The normalized spacial score (nSPS) is 29.9. The number of carbonyl (C=O) groups is 1. The Kier molecular flexibility index (Phi) is 18.8. The van der Waals surface area contributed by atoms with Crippen molar-refractivity contribution in [1.29, 1.82) is 0 Å². The SMILES string of the molecule is C=C(CCC(C)C1CCC2C3CC=C4CC(OC(=O)CCCC=C(Br)CCC#CC=CCCC=CC#CC=CBr)CCC4(C)C3CCC12C)C(CC)CC. The van der Waals surface area contributed by atoms with Gasteiger partial charge in [-0.2, -0.15) is 0 Å². The minimum Gasteiger partial charge on any atom is -0.462 e. The summed E-state index contributed by atoms with van der Waals surface area (Å²) in [6, 6.07) is 0. The van der Waals surface area contributed by atoms with E-state index in [9.17, 15) is 4.79 Å². The molecule has 8 unspecified atom stereocenters. The van der Waals surface area contributed by atoms with Gasteiger partial charge in [-0.15, -0.1) is 0 Å². The first kappa shape index (κ1) is 44.7. The third kappa shape index (κ3) is 12.2. The first-order valence-electron chi connectivity index (χ1n) is 21.5. The van der Waals surface area contributed by atoms with Crippen LogP contribution in [0.4, 0.5) is 0 Å². The Morgan fingerprint density at radius 1 is 0.963 bits per heavy atom. The second-order valence-electron chi connectivity index (χ2n) is 17.4. The highest BCUT2D eigenvalue weighted by Gasteiger charge is 2.59. The summed E-state index contributed by atoms with van der Waals surface area (Å²) in [5.41, 5.74) is 3.86.